The van der Waals surface area contributed by atoms with E-state index in [0.29, 0.717) is 5.92 Å². The summed E-state index contributed by atoms with van der Waals surface area (Å²) in [7, 11) is 0. The van der Waals surface area contributed by atoms with Gasteiger partial charge in [0.05, 0.1) is 11.2 Å². The minimum atomic E-state index is 0.621. The van der Waals surface area contributed by atoms with Gasteiger partial charge in [-0.05, 0) is 44.3 Å². The van der Waals surface area contributed by atoms with E-state index in [1.54, 1.807) is 0 Å². The zero-order valence-corrected chi connectivity index (χ0v) is 13.6. The van der Waals surface area contributed by atoms with Gasteiger partial charge in [-0.2, -0.15) is 5.10 Å². The summed E-state index contributed by atoms with van der Waals surface area (Å²) >= 11 is 0. The summed E-state index contributed by atoms with van der Waals surface area (Å²) in [6.07, 6.45) is 4.06. The highest BCUT2D eigenvalue weighted by atomic mass is 15.3. The molecular weight excluding hydrogens is 258 g/mol. The number of aromatic nitrogens is 2. The molecule has 3 rings (SSSR count). The van der Waals surface area contributed by atoms with E-state index >= 15 is 0 Å². The van der Waals surface area contributed by atoms with E-state index in [0.717, 1.165) is 13.1 Å². The predicted molar refractivity (Wildman–Crippen MR) is 88.4 cm³/mol. The van der Waals surface area contributed by atoms with Crippen LogP contribution in [-0.4, -0.2) is 27.8 Å². The predicted octanol–water partition coefficient (Wildman–Crippen LogP) is 3.99. The number of para-hydroxylation sites is 1. The molecule has 114 valence electrons. The van der Waals surface area contributed by atoms with Gasteiger partial charge in [0.2, 0.25) is 0 Å². The fourth-order valence-electron chi connectivity index (χ4n) is 3.41. The van der Waals surface area contributed by atoms with Crippen LogP contribution in [0.3, 0.4) is 0 Å². The smallest absolute Gasteiger partial charge is 0.0843 e. The van der Waals surface area contributed by atoms with Crippen LogP contribution in [0, 0.1) is 12.8 Å². The van der Waals surface area contributed by atoms with E-state index < -0.39 is 0 Å². The Hall–Kier alpha value is -1.35. The summed E-state index contributed by atoms with van der Waals surface area (Å²) in [5.41, 5.74) is 3.93. The Bertz CT molecular complexity index is 606. The van der Waals surface area contributed by atoms with Crippen LogP contribution in [0.2, 0.25) is 0 Å². The number of piperidine rings is 1. The summed E-state index contributed by atoms with van der Waals surface area (Å²) in [6.45, 7) is 11.2. The lowest BCUT2D eigenvalue weighted by Gasteiger charge is -2.25. The van der Waals surface area contributed by atoms with Crippen molar-refractivity contribution in [3.63, 3.8) is 0 Å². The van der Waals surface area contributed by atoms with Crippen molar-refractivity contribution < 1.29 is 0 Å². The zero-order chi connectivity index (χ0) is 14.8. The molecule has 0 aliphatic carbocycles. The molecule has 0 unspecified atom stereocenters. The van der Waals surface area contributed by atoms with Crippen LogP contribution in [0.5, 0.6) is 0 Å². The van der Waals surface area contributed by atoms with Crippen LogP contribution >= 0.6 is 0 Å². The van der Waals surface area contributed by atoms with E-state index in [4.69, 9.17) is 5.10 Å². The quantitative estimate of drug-likeness (QED) is 0.847. The molecule has 2 heterocycles. The Morgan fingerprint density at radius 2 is 1.90 bits per heavy atom. The molecule has 0 radical (unpaired) electrons. The third-order valence-corrected chi connectivity index (χ3v) is 4.41. The van der Waals surface area contributed by atoms with Gasteiger partial charge < -0.3 is 0 Å². The molecule has 1 aromatic carbocycles. The second-order valence-corrected chi connectivity index (χ2v) is 6.83. The fourth-order valence-corrected chi connectivity index (χ4v) is 3.41. The highest BCUT2D eigenvalue weighted by Gasteiger charge is 2.17. The molecule has 0 spiro atoms. The molecule has 2 aromatic rings. The molecule has 1 aromatic heterocycles. The van der Waals surface area contributed by atoms with Gasteiger partial charge in [0, 0.05) is 18.5 Å². The topological polar surface area (TPSA) is 21.1 Å². The first-order valence-corrected chi connectivity index (χ1v) is 8.32. The van der Waals surface area contributed by atoms with Crippen molar-refractivity contribution in [2.45, 2.75) is 53.1 Å². The summed E-state index contributed by atoms with van der Waals surface area (Å²) in [4.78, 5) is 2.56. The lowest BCUT2D eigenvalue weighted by atomic mass is 10.1. The van der Waals surface area contributed by atoms with E-state index in [1.807, 2.05) is 0 Å². The molecule has 1 saturated heterocycles. The highest BCUT2D eigenvalue weighted by molar-refractivity contribution is 5.84. The molecule has 1 aliphatic heterocycles. The monoisotopic (exact) mass is 285 g/mol. The first kappa shape index (κ1) is 14.6. The van der Waals surface area contributed by atoms with E-state index in [2.05, 4.69) is 48.6 Å². The van der Waals surface area contributed by atoms with Gasteiger partial charge in [0.15, 0.2) is 0 Å². The molecular formula is C18H27N3. The molecule has 0 saturated carbocycles. The molecule has 21 heavy (non-hydrogen) atoms. The maximum absolute atomic E-state index is 4.96. The van der Waals surface area contributed by atoms with Gasteiger partial charge >= 0.3 is 0 Å². The van der Waals surface area contributed by atoms with Crippen LogP contribution in [0.15, 0.2) is 18.2 Å². The first-order chi connectivity index (χ1) is 10.1. The number of benzene rings is 1. The SMILES string of the molecule is Cc1cccc2c(CN3CCCCC3)nn(CC(C)C)c12. The van der Waals surface area contributed by atoms with Crippen molar-refractivity contribution in [1.29, 1.82) is 0 Å². The second kappa shape index (κ2) is 6.18. The molecule has 0 amide bonds. The van der Waals surface area contributed by atoms with Crippen LogP contribution in [-0.2, 0) is 13.1 Å². The zero-order valence-electron chi connectivity index (χ0n) is 13.6. The van der Waals surface area contributed by atoms with Gasteiger partial charge in [-0.1, -0.05) is 38.5 Å². The molecule has 0 bridgehead atoms. The Labute approximate surface area is 127 Å². The highest BCUT2D eigenvalue weighted by Crippen LogP contribution is 2.25. The molecule has 3 heteroatoms. The third kappa shape index (κ3) is 3.13. The van der Waals surface area contributed by atoms with Crippen LogP contribution < -0.4 is 0 Å². The number of hydrogen-bond donors (Lipinski definition) is 0. The van der Waals surface area contributed by atoms with Crippen LogP contribution in [0.4, 0.5) is 0 Å². The van der Waals surface area contributed by atoms with Gasteiger partial charge in [0.25, 0.3) is 0 Å². The van der Waals surface area contributed by atoms with Crippen LogP contribution in [0.25, 0.3) is 10.9 Å². The maximum Gasteiger partial charge on any atom is 0.0843 e. The summed E-state index contributed by atoms with van der Waals surface area (Å²) in [5.74, 6) is 0.621. The first-order valence-electron chi connectivity index (χ1n) is 8.32. The number of fused-ring (bicyclic) bond motifs is 1. The van der Waals surface area contributed by atoms with E-state index in [-0.39, 0.29) is 0 Å². The van der Waals surface area contributed by atoms with Crippen molar-refractivity contribution in [2.75, 3.05) is 13.1 Å². The Balaban J connectivity index is 1.95. The molecule has 1 aliphatic rings. The Morgan fingerprint density at radius 1 is 1.14 bits per heavy atom. The van der Waals surface area contributed by atoms with Crippen LogP contribution in [0.1, 0.15) is 44.4 Å². The minimum absolute atomic E-state index is 0.621. The van der Waals surface area contributed by atoms with Crippen molar-refractivity contribution in [3.8, 4) is 0 Å². The van der Waals surface area contributed by atoms with Crippen molar-refractivity contribution >= 4 is 10.9 Å². The third-order valence-electron chi connectivity index (χ3n) is 4.41. The van der Waals surface area contributed by atoms with Gasteiger partial charge in [0.1, 0.15) is 0 Å². The lowest BCUT2D eigenvalue weighted by Crippen LogP contribution is -2.29. The number of likely N-dealkylation sites (tertiary alicyclic amines) is 1. The van der Waals surface area contributed by atoms with E-state index in [1.165, 1.54) is 54.5 Å². The summed E-state index contributed by atoms with van der Waals surface area (Å²) in [5, 5.41) is 6.31. The van der Waals surface area contributed by atoms with Gasteiger partial charge in [-0.25, -0.2) is 0 Å². The van der Waals surface area contributed by atoms with Gasteiger partial charge in [-0.3, -0.25) is 9.58 Å². The standard InChI is InChI=1S/C18H27N3/c1-14(2)12-21-18-15(3)8-7-9-16(18)17(19-21)13-20-10-5-4-6-11-20/h7-9,14H,4-6,10-13H2,1-3H3. The molecule has 0 N–H and O–H groups in total. The van der Waals surface area contributed by atoms with Crippen molar-refractivity contribution in [3.05, 3.63) is 29.5 Å². The summed E-state index contributed by atoms with van der Waals surface area (Å²) < 4.78 is 2.23. The molecule has 1 fully saturated rings. The fraction of sp³-hybridized carbons (Fsp3) is 0.611. The lowest BCUT2D eigenvalue weighted by molar-refractivity contribution is 0.218. The summed E-state index contributed by atoms with van der Waals surface area (Å²) in [6, 6.07) is 6.61. The van der Waals surface area contributed by atoms with Crippen molar-refractivity contribution in [1.82, 2.24) is 14.7 Å². The Morgan fingerprint density at radius 3 is 2.62 bits per heavy atom. The van der Waals surface area contributed by atoms with Crippen molar-refractivity contribution in [2.24, 2.45) is 5.92 Å². The van der Waals surface area contributed by atoms with Gasteiger partial charge in [-0.15, -0.1) is 0 Å². The maximum atomic E-state index is 4.96. The normalized spacial score (nSPS) is 17.0. The average Bonchev–Trinajstić information content (AvgIpc) is 2.78. The Kier molecular flexibility index (Phi) is 4.29. The number of nitrogens with zero attached hydrogens (tertiary/aromatic N) is 3. The number of rotatable bonds is 4. The molecule has 3 nitrogen and oxygen atoms in total. The average molecular weight is 285 g/mol. The second-order valence-electron chi connectivity index (χ2n) is 6.83. The molecule has 0 atom stereocenters. The number of aryl methyl sites for hydroxylation is 1. The van der Waals surface area contributed by atoms with E-state index in [9.17, 15) is 0 Å². The minimum Gasteiger partial charge on any atom is -0.297 e. The largest absolute Gasteiger partial charge is 0.297 e. The number of hydrogen-bond acceptors (Lipinski definition) is 2.